The first kappa shape index (κ1) is 13.1. The third-order valence-electron chi connectivity index (χ3n) is 1.82. The van der Waals surface area contributed by atoms with Gasteiger partial charge >= 0.3 is 0 Å². The summed E-state index contributed by atoms with van der Waals surface area (Å²) in [5.41, 5.74) is 0.644. The second-order valence-electron chi connectivity index (χ2n) is 3.17. The van der Waals surface area contributed by atoms with Crippen LogP contribution >= 0.6 is 0 Å². The van der Waals surface area contributed by atoms with Gasteiger partial charge in [-0.2, -0.15) is 8.42 Å². The van der Waals surface area contributed by atoms with Gasteiger partial charge in [-0.15, -0.1) is 0 Å². The molecular formula is C10H16O3S. The van der Waals surface area contributed by atoms with Gasteiger partial charge in [0.2, 0.25) is 0 Å². The molecule has 0 saturated heterocycles. The monoisotopic (exact) mass is 216 g/mol. The van der Waals surface area contributed by atoms with E-state index in [0.29, 0.717) is 5.56 Å². The lowest BCUT2D eigenvalue weighted by Gasteiger charge is -2.09. The molecule has 1 rings (SSSR count). The molecule has 0 aliphatic rings. The number of hydrogen-bond donors (Lipinski definition) is 1. The molecule has 0 unspecified atom stereocenters. The number of benzene rings is 1. The fraction of sp³-hybridized carbons (Fsp3) is 0.400. The molecular weight excluding hydrogens is 200 g/mol. The summed E-state index contributed by atoms with van der Waals surface area (Å²) in [5.74, 6) is 0.0816. The molecule has 0 amide bonds. The molecule has 1 N–H and O–H groups in total. The van der Waals surface area contributed by atoms with E-state index in [9.17, 15) is 8.42 Å². The second-order valence-corrected chi connectivity index (χ2v) is 4.56. The highest BCUT2D eigenvalue weighted by Crippen LogP contribution is 2.22. The topological polar surface area (TPSA) is 54.4 Å². The zero-order valence-corrected chi connectivity index (χ0v) is 8.38. The smallest absolute Gasteiger partial charge is 0.282 e. The maximum Gasteiger partial charge on any atom is 0.294 e. The van der Waals surface area contributed by atoms with Crippen molar-refractivity contribution in [2.24, 2.45) is 0 Å². The lowest BCUT2D eigenvalue weighted by atomic mass is 10.0. The van der Waals surface area contributed by atoms with Gasteiger partial charge in [0.15, 0.2) is 0 Å². The van der Waals surface area contributed by atoms with Crippen molar-refractivity contribution in [1.82, 2.24) is 0 Å². The first-order valence-electron chi connectivity index (χ1n) is 3.99. The molecule has 1 aromatic rings. The first-order chi connectivity index (χ1) is 5.93. The van der Waals surface area contributed by atoms with Crippen LogP contribution in [0.2, 0.25) is 0 Å². The summed E-state index contributed by atoms with van der Waals surface area (Å²) in [6.07, 6.45) is 0. The van der Waals surface area contributed by atoms with Crippen molar-refractivity contribution in [1.29, 1.82) is 0 Å². The van der Waals surface area contributed by atoms with Crippen molar-refractivity contribution in [3.05, 3.63) is 29.8 Å². The third-order valence-corrected chi connectivity index (χ3v) is 2.75. The standard InChI is InChI=1S/C9H12O3S.CH4/c1-7(2)8-5-3-4-6-9(8)13(10,11)12;/h3-7H,1-2H3,(H,10,11,12);1H4. The first-order valence-corrected chi connectivity index (χ1v) is 5.43. The van der Waals surface area contributed by atoms with Gasteiger partial charge in [-0.05, 0) is 17.5 Å². The second kappa shape index (κ2) is 4.57. The summed E-state index contributed by atoms with van der Waals surface area (Å²) in [7, 11) is -4.08. The van der Waals surface area contributed by atoms with E-state index in [0.717, 1.165) is 0 Å². The zero-order valence-electron chi connectivity index (χ0n) is 7.56. The Morgan fingerprint density at radius 3 is 2.07 bits per heavy atom. The van der Waals surface area contributed by atoms with Crippen molar-refractivity contribution in [3.63, 3.8) is 0 Å². The Morgan fingerprint density at radius 1 is 1.21 bits per heavy atom. The summed E-state index contributed by atoms with van der Waals surface area (Å²) < 4.78 is 30.7. The summed E-state index contributed by atoms with van der Waals surface area (Å²) in [6.45, 7) is 3.76. The molecule has 0 radical (unpaired) electrons. The normalized spacial score (nSPS) is 11.1. The Hall–Kier alpha value is -0.870. The van der Waals surface area contributed by atoms with E-state index in [1.54, 1.807) is 18.2 Å². The fourth-order valence-corrected chi connectivity index (χ4v) is 2.04. The van der Waals surface area contributed by atoms with Crippen molar-refractivity contribution >= 4 is 10.1 Å². The van der Waals surface area contributed by atoms with E-state index in [1.807, 2.05) is 13.8 Å². The average Bonchev–Trinajstić information content (AvgIpc) is 2.03. The Labute approximate surface area is 85.5 Å². The highest BCUT2D eigenvalue weighted by atomic mass is 32.2. The van der Waals surface area contributed by atoms with Gasteiger partial charge in [-0.3, -0.25) is 4.55 Å². The molecule has 3 nitrogen and oxygen atoms in total. The van der Waals surface area contributed by atoms with Crippen LogP contribution in [-0.2, 0) is 10.1 Å². The van der Waals surface area contributed by atoms with E-state index >= 15 is 0 Å². The molecule has 0 spiro atoms. The zero-order chi connectivity index (χ0) is 10.1. The minimum atomic E-state index is -4.08. The molecule has 4 heteroatoms. The lowest BCUT2D eigenvalue weighted by Crippen LogP contribution is -2.03. The maximum atomic E-state index is 10.9. The quantitative estimate of drug-likeness (QED) is 0.773. The maximum absolute atomic E-state index is 10.9. The largest absolute Gasteiger partial charge is 0.294 e. The fourth-order valence-electron chi connectivity index (χ4n) is 1.19. The highest BCUT2D eigenvalue weighted by molar-refractivity contribution is 7.85. The summed E-state index contributed by atoms with van der Waals surface area (Å²) in [4.78, 5) is 0.00463. The van der Waals surface area contributed by atoms with Crippen LogP contribution in [0, 0.1) is 0 Å². The van der Waals surface area contributed by atoms with E-state index < -0.39 is 10.1 Å². The van der Waals surface area contributed by atoms with Crippen molar-refractivity contribution in [2.75, 3.05) is 0 Å². The molecule has 14 heavy (non-hydrogen) atoms. The minimum absolute atomic E-state index is 0. The Kier molecular flexibility index (Phi) is 4.29. The third kappa shape index (κ3) is 2.82. The van der Waals surface area contributed by atoms with Crippen molar-refractivity contribution in [3.8, 4) is 0 Å². The van der Waals surface area contributed by atoms with Crippen LogP contribution in [0.15, 0.2) is 29.2 Å². The molecule has 0 heterocycles. The van der Waals surface area contributed by atoms with E-state index in [1.165, 1.54) is 6.07 Å². The average molecular weight is 216 g/mol. The lowest BCUT2D eigenvalue weighted by molar-refractivity contribution is 0.481. The van der Waals surface area contributed by atoms with Gasteiger partial charge in [-0.1, -0.05) is 39.5 Å². The summed E-state index contributed by atoms with van der Waals surface area (Å²) >= 11 is 0. The van der Waals surface area contributed by atoms with Crippen LogP contribution in [0.3, 0.4) is 0 Å². The van der Waals surface area contributed by atoms with Crippen LogP contribution < -0.4 is 0 Å². The molecule has 0 aliphatic heterocycles. The Balaban J connectivity index is 0.00000169. The van der Waals surface area contributed by atoms with Gasteiger partial charge < -0.3 is 0 Å². The van der Waals surface area contributed by atoms with Gasteiger partial charge in [0.1, 0.15) is 0 Å². The van der Waals surface area contributed by atoms with Gasteiger partial charge in [0, 0.05) is 0 Å². The van der Waals surface area contributed by atoms with Crippen molar-refractivity contribution < 1.29 is 13.0 Å². The van der Waals surface area contributed by atoms with Crippen LogP contribution in [0.5, 0.6) is 0 Å². The van der Waals surface area contributed by atoms with Crippen molar-refractivity contribution in [2.45, 2.75) is 32.1 Å². The van der Waals surface area contributed by atoms with E-state index in [-0.39, 0.29) is 18.2 Å². The number of rotatable bonds is 2. The minimum Gasteiger partial charge on any atom is -0.282 e. The van der Waals surface area contributed by atoms with E-state index in [2.05, 4.69) is 0 Å². The Morgan fingerprint density at radius 2 is 1.71 bits per heavy atom. The molecule has 1 aromatic carbocycles. The van der Waals surface area contributed by atoms with Crippen LogP contribution in [0.25, 0.3) is 0 Å². The van der Waals surface area contributed by atoms with Crippen LogP contribution in [0.4, 0.5) is 0 Å². The van der Waals surface area contributed by atoms with E-state index in [4.69, 9.17) is 4.55 Å². The summed E-state index contributed by atoms with van der Waals surface area (Å²) in [6, 6.07) is 6.46. The molecule has 0 aromatic heterocycles. The predicted molar refractivity (Wildman–Crippen MR) is 57.1 cm³/mol. The Bertz CT molecular complexity index is 394. The van der Waals surface area contributed by atoms with Crippen LogP contribution in [-0.4, -0.2) is 13.0 Å². The summed E-state index contributed by atoms with van der Waals surface area (Å²) in [5, 5.41) is 0. The van der Waals surface area contributed by atoms with Gasteiger partial charge in [0.05, 0.1) is 4.90 Å². The predicted octanol–water partition coefficient (Wildman–Crippen LogP) is 2.69. The number of hydrogen-bond acceptors (Lipinski definition) is 2. The SMILES string of the molecule is C.CC(C)c1ccccc1S(=O)(=O)O. The molecule has 0 aliphatic carbocycles. The molecule has 0 saturated carbocycles. The van der Waals surface area contributed by atoms with Gasteiger partial charge in [-0.25, -0.2) is 0 Å². The molecule has 0 bridgehead atoms. The molecule has 80 valence electrons. The highest BCUT2D eigenvalue weighted by Gasteiger charge is 2.15. The van der Waals surface area contributed by atoms with Gasteiger partial charge in [0.25, 0.3) is 10.1 Å². The molecule has 0 fully saturated rings. The van der Waals surface area contributed by atoms with Crippen LogP contribution in [0.1, 0.15) is 32.8 Å². The molecule has 0 atom stereocenters.